The maximum Gasteiger partial charge on any atom is 0.573 e. The Balaban J connectivity index is 1.57. The normalized spacial score (nSPS) is 14.3. The number of halogens is 5. The lowest BCUT2D eigenvalue weighted by Gasteiger charge is -2.18. The summed E-state index contributed by atoms with van der Waals surface area (Å²) < 4.78 is 66.6. The van der Waals surface area contributed by atoms with Gasteiger partial charge in [0.05, 0.1) is 0 Å². The van der Waals surface area contributed by atoms with Crippen molar-refractivity contribution in [2.24, 2.45) is 0 Å². The van der Waals surface area contributed by atoms with Crippen LogP contribution in [0.15, 0.2) is 42.5 Å². The number of hydrogen-bond donors (Lipinski definition) is 1. The fraction of sp³-hybridized carbons (Fsp3) is 0.222. The minimum absolute atomic E-state index is 0.164. The zero-order valence-electron chi connectivity index (χ0n) is 14.7. The van der Waals surface area contributed by atoms with Gasteiger partial charge in [-0.25, -0.2) is 13.6 Å². The van der Waals surface area contributed by atoms with Crippen LogP contribution >= 0.6 is 0 Å². The second-order valence-corrected chi connectivity index (χ2v) is 6.07. The Morgan fingerprint density at radius 2 is 1.72 bits per heavy atom. The van der Waals surface area contributed by atoms with Gasteiger partial charge in [0, 0.05) is 30.5 Å². The molecule has 1 aliphatic rings. The second kappa shape index (κ2) is 7.94. The highest BCUT2D eigenvalue weighted by molar-refractivity contribution is 5.99. The van der Waals surface area contributed by atoms with Crippen molar-refractivity contribution in [3.63, 3.8) is 0 Å². The first-order chi connectivity index (χ1) is 13.6. The highest BCUT2D eigenvalue weighted by atomic mass is 19.4. The summed E-state index contributed by atoms with van der Waals surface area (Å²) in [6, 6.07) is 7.01. The zero-order chi connectivity index (χ0) is 21.2. The van der Waals surface area contributed by atoms with Gasteiger partial charge in [0.25, 0.3) is 0 Å². The van der Waals surface area contributed by atoms with Crippen molar-refractivity contribution in [1.82, 2.24) is 4.90 Å². The summed E-state index contributed by atoms with van der Waals surface area (Å²) in [6.07, 6.45) is -4.82. The maximum atomic E-state index is 13.4. The van der Waals surface area contributed by atoms with Crippen molar-refractivity contribution in [3.8, 4) is 5.75 Å². The molecule has 29 heavy (non-hydrogen) atoms. The van der Waals surface area contributed by atoms with E-state index in [2.05, 4.69) is 10.1 Å². The molecule has 1 saturated heterocycles. The third kappa shape index (κ3) is 5.12. The molecule has 0 bridgehead atoms. The van der Waals surface area contributed by atoms with E-state index in [0.29, 0.717) is 0 Å². The molecular weight excluding hydrogens is 401 g/mol. The van der Waals surface area contributed by atoms with E-state index >= 15 is 0 Å². The molecule has 1 heterocycles. The third-order valence-electron chi connectivity index (χ3n) is 4.02. The number of anilines is 2. The number of alkyl halides is 3. The largest absolute Gasteiger partial charge is 0.573 e. The topological polar surface area (TPSA) is 61.9 Å². The minimum Gasteiger partial charge on any atom is -0.406 e. The fourth-order valence-corrected chi connectivity index (χ4v) is 2.74. The third-order valence-corrected chi connectivity index (χ3v) is 4.02. The number of carbonyl (C=O) groups is 2. The van der Waals surface area contributed by atoms with Crippen LogP contribution in [0.5, 0.6) is 5.75 Å². The van der Waals surface area contributed by atoms with Crippen molar-refractivity contribution < 1.29 is 36.3 Å². The molecule has 0 spiro atoms. The highest BCUT2D eigenvalue weighted by Crippen LogP contribution is 2.25. The molecule has 6 nitrogen and oxygen atoms in total. The summed E-state index contributed by atoms with van der Waals surface area (Å²) in [5.74, 6) is -3.14. The number of nitrogens with one attached hydrogen (secondary N) is 1. The molecule has 11 heteroatoms. The lowest BCUT2D eigenvalue weighted by atomic mass is 10.3. The monoisotopic (exact) mass is 415 g/mol. The number of ether oxygens (including phenoxy) is 1. The Morgan fingerprint density at radius 3 is 2.34 bits per heavy atom. The minimum atomic E-state index is -4.82. The summed E-state index contributed by atoms with van der Waals surface area (Å²) in [7, 11) is 0. The maximum absolute atomic E-state index is 13.4. The van der Waals surface area contributed by atoms with Crippen molar-refractivity contribution >= 4 is 23.3 Å². The van der Waals surface area contributed by atoms with Gasteiger partial charge in [-0.15, -0.1) is 13.2 Å². The molecule has 0 aliphatic carbocycles. The number of urea groups is 1. The van der Waals surface area contributed by atoms with E-state index in [1.165, 1.54) is 28.0 Å². The molecular formula is C18H14F5N3O3. The van der Waals surface area contributed by atoms with Gasteiger partial charge >= 0.3 is 12.4 Å². The Bertz CT molecular complexity index is 918. The van der Waals surface area contributed by atoms with E-state index in [4.69, 9.17) is 0 Å². The molecule has 154 valence electrons. The standard InChI is InChI=1S/C18H14F5N3O3/c19-14-6-3-12(9-15(14)20)26-8-7-25(17(26)28)10-16(27)24-11-1-4-13(5-2-11)29-18(21,22)23/h1-6,9H,7-8,10H2,(H,24,27). The van der Waals surface area contributed by atoms with Gasteiger partial charge in [-0.1, -0.05) is 0 Å². The molecule has 0 saturated carbocycles. The number of hydrogen-bond acceptors (Lipinski definition) is 3. The fourth-order valence-electron chi connectivity index (χ4n) is 2.74. The van der Waals surface area contributed by atoms with Crippen molar-refractivity contribution in [3.05, 3.63) is 54.1 Å². The summed E-state index contributed by atoms with van der Waals surface area (Å²) in [5.41, 5.74) is 0.380. The smallest absolute Gasteiger partial charge is 0.406 e. The highest BCUT2D eigenvalue weighted by Gasteiger charge is 2.32. The van der Waals surface area contributed by atoms with Gasteiger partial charge in [-0.05, 0) is 36.4 Å². The molecule has 3 rings (SSSR count). The summed E-state index contributed by atoms with van der Waals surface area (Å²) in [5, 5.41) is 2.45. The molecule has 0 unspecified atom stereocenters. The summed E-state index contributed by atoms with van der Waals surface area (Å²) in [4.78, 5) is 26.9. The molecule has 2 aromatic carbocycles. The number of carbonyl (C=O) groups excluding carboxylic acids is 2. The summed E-state index contributed by atoms with van der Waals surface area (Å²) >= 11 is 0. The van der Waals surface area contributed by atoms with Crippen molar-refractivity contribution in [1.29, 1.82) is 0 Å². The second-order valence-electron chi connectivity index (χ2n) is 6.07. The molecule has 1 fully saturated rings. The first kappa shape index (κ1) is 20.4. The van der Waals surface area contributed by atoms with E-state index in [9.17, 15) is 31.5 Å². The van der Waals surface area contributed by atoms with Crippen LogP contribution in [0.2, 0.25) is 0 Å². The number of amides is 3. The quantitative estimate of drug-likeness (QED) is 0.757. The lowest BCUT2D eigenvalue weighted by molar-refractivity contribution is -0.274. The van der Waals surface area contributed by atoms with E-state index in [0.717, 1.165) is 24.3 Å². The van der Waals surface area contributed by atoms with E-state index in [1.54, 1.807) is 0 Å². The molecule has 0 atom stereocenters. The van der Waals surface area contributed by atoms with Crippen LogP contribution < -0.4 is 15.0 Å². The van der Waals surface area contributed by atoms with E-state index in [1.807, 2.05) is 0 Å². The average molecular weight is 415 g/mol. The van der Waals surface area contributed by atoms with Crippen LogP contribution in [-0.4, -0.2) is 42.8 Å². The first-order valence-electron chi connectivity index (χ1n) is 8.29. The van der Waals surface area contributed by atoms with Crippen molar-refractivity contribution in [2.45, 2.75) is 6.36 Å². The molecule has 0 radical (unpaired) electrons. The Morgan fingerprint density at radius 1 is 1.03 bits per heavy atom. The van der Waals surface area contributed by atoms with Crippen LogP contribution in [0, 0.1) is 11.6 Å². The van der Waals surface area contributed by atoms with E-state index in [-0.39, 0.29) is 31.0 Å². The van der Waals surface area contributed by atoms with Crippen LogP contribution in [0.4, 0.5) is 38.1 Å². The van der Waals surface area contributed by atoms with Gasteiger partial charge in [0.1, 0.15) is 12.3 Å². The molecule has 0 aromatic heterocycles. The van der Waals surface area contributed by atoms with Crippen molar-refractivity contribution in [2.75, 3.05) is 29.9 Å². The SMILES string of the molecule is O=C(CN1CCN(c2ccc(F)c(F)c2)C1=O)Nc1ccc(OC(F)(F)F)cc1. The molecule has 3 amide bonds. The molecule has 1 aliphatic heterocycles. The predicted octanol–water partition coefficient (Wildman–Crippen LogP) is 3.74. The van der Waals surface area contributed by atoms with Gasteiger partial charge in [0.2, 0.25) is 5.91 Å². The number of nitrogens with zero attached hydrogens (tertiary/aromatic N) is 2. The Labute approximate surface area is 161 Å². The van der Waals surface area contributed by atoms with Gasteiger partial charge in [-0.3, -0.25) is 9.69 Å². The number of benzene rings is 2. The van der Waals surface area contributed by atoms with E-state index < -0.39 is 35.7 Å². The Kier molecular flexibility index (Phi) is 5.57. The number of rotatable bonds is 5. The van der Waals surface area contributed by atoms with Crippen LogP contribution in [0.1, 0.15) is 0 Å². The summed E-state index contributed by atoms with van der Waals surface area (Å²) in [6.45, 7) is 0.0457. The average Bonchev–Trinajstić information content (AvgIpc) is 2.98. The lowest BCUT2D eigenvalue weighted by Crippen LogP contribution is -2.37. The Hall–Kier alpha value is -3.37. The van der Waals surface area contributed by atoms with Gasteiger partial charge in [-0.2, -0.15) is 0 Å². The first-order valence-corrected chi connectivity index (χ1v) is 8.29. The molecule has 2 aromatic rings. The van der Waals surface area contributed by atoms with Crippen LogP contribution in [0.3, 0.4) is 0 Å². The van der Waals surface area contributed by atoms with Gasteiger partial charge < -0.3 is 15.0 Å². The van der Waals surface area contributed by atoms with Gasteiger partial charge in [0.15, 0.2) is 11.6 Å². The predicted molar refractivity (Wildman–Crippen MR) is 92.4 cm³/mol. The van der Waals surface area contributed by atoms with Crippen LogP contribution in [0.25, 0.3) is 0 Å². The zero-order valence-corrected chi connectivity index (χ0v) is 14.7. The molecule has 1 N–H and O–H groups in total. The van der Waals surface area contributed by atoms with Crippen LogP contribution in [-0.2, 0) is 4.79 Å².